The number of hydrogen-bond acceptors (Lipinski definition) is 5. The third-order valence-corrected chi connectivity index (χ3v) is 12.9. The van der Waals surface area contributed by atoms with Crippen molar-refractivity contribution < 1.29 is 19.4 Å². The molecule has 3 saturated carbocycles. The topological polar surface area (TPSA) is 89.6 Å². The van der Waals surface area contributed by atoms with Gasteiger partial charge in [-0.05, 0) is 97.9 Å². The van der Waals surface area contributed by atoms with Gasteiger partial charge in [-0.25, -0.2) is 0 Å². The monoisotopic (exact) mass is 511 g/mol. The van der Waals surface area contributed by atoms with Crippen molar-refractivity contribution in [1.82, 2.24) is 0 Å². The van der Waals surface area contributed by atoms with Crippen LogP contribution in [0.25, 0.3) is 0 Å². The zero-order chi connectivity index (χ0) is 27.2. The van der Waals surface area contributed by atoms with Gasteiger partial charge in [0.2, 0.25) is 0 Å². The van der Waals surface area contributed by atoms with Crippen LogP contribution in [-0.4, -0.2) is 36.1 Å². The Hall–Kier alpha value is -1.46. The summed E-state index contributed by atoms with van der Waals surface area (Å²) < 4.78 is 5.48. The lowest BCUT2D eigenvalue weighted by molar-refractivity contribution is -0.182. The zero-order valence-electron chi connectivity index (χ0n) is 24.2. The summed E-state index contributed by atoms with van der Waals surface area (Å²) >= 11 is 0. The van der Waals surface area contributed by atoms with Crippen molar-refractivity contribution in [1.29, 1.82) is 0 Å². The van der Waals surface area contributed by atoms with E-state index in [1.54, 1.807) is 0 Å². The van der Waals surface area contributed by atoms with E-state index in [1.807, 2.05) is 6.92 Å². The van der Waals surface area contributed by atoms with Gasteiger partial charge >= 0.3 is 5.97 Å². The fourth-order valence-electron chi connectivity index (χ4n) is 10.1. The van der Waals surface area contributed by atoms with Gasteiger partial charge in [0, 0.05) is 18.4 Å². The average Bonchev–Trinajstić information content (AvgIpc) is 2.82. The lowest BCUT2D eigenvalue weighted by Crippen LogP contribution is -2.63. The van der Waals surface area contributed by atoms with Gasteiger partial charge in [-0.1, -0.05) is 52.3 Å². The maximum atomic E-state index is 13.7. The summed E-state index contributed by atoms with van der Waals surface area (Å²) in [5.41, 5.74) is 6.77. The largest absolute Gasteiger partial charge is 0.464 e. The third-order valence-electron chi connectivity index (χ3n) is 12.9. The molecule has 0 saturated heterocycles. The Kier molecular flexibility index (Phi) is 6.06. The van der Waals surface area contributed by atoms with Gasteiger partial charge in [0.1, 0.15) is 12.4 Å². The first-order valence-corrected chi connectivity index (χ1v) is 14.6. The number of carbonyl (C=O) groups is 2. The van der Waals surface area contributed by atoms with Gasteiger partial charge in [-0.15, -0.1) is 0 Å². The lowest BCUT2D eigenvalue weighted by Gasteiger charge is -2.69. The number of rotatable bonds is 3. The number of esters is 1. The summed E-state index contributed by atoms with van der Waals surface area (Å²) in [5.74, 6) is 0.780. The number of nitrogens with two attached hydrogens (primary N) is 1. The number of ketones is 1. The SMILES string of the molecule is CC1(C)[C@H]2CC[C@]3(C)[C@H](C=CC4=C5C[C@](C)(C(=O)OCCN)CC(=O)[C@]5(C)CC[C@@]43C)[C@@]2(C)CC[C@@H]1O. The molecule has 5 aliphatic rings. The van der Waals surface area contributed by atoms with Crippen LogP contribution in [0.15, 0.2) is 23.3 Å². The molecule has 8 atom stereocenters. The zero-order valence-corrected chi connectivity index (χ0v) is 24.2. The van der Waals surface area contributed by atoms with Gasteiger partial charge in [0.15, 0.2) is 0 Å². The predicted molar refractivity (Wildman–Crippen MR) is 145 cm³/mol. The van der Waals surface area contributed by atoms with Crippen LogP contribution in [0.1, 0.15) is 99.8 Å². The summed E-state index contributed by atoms with van der Waals surface area (Å²) in [6.07, 6.45) is 11.4. The van der Waals surface area contributed by atoms with Crippen molar-refractivity contribution in [3.63, 3.8) is 0 Å². The van der Waals surface area contributed by atoms with Crippen molar-refractivity contribution >= 4 is 11.8 Å². The Morgan fingerprint density at radius 2 is 1.73 bits per heavy atom. The van der Waals surface area contributed by atoms with E-state index in [4.69, 9.17) is 10.5 Å². The van der Waals surface area contributed by atoms with Gasteiger partial charge in [0.25, 0.3) is 0 Å². The minimum absolute atomic E-state index is 0.0604. The molecule has 3 N–H and O–H groups in total. The van der Waals surface area contributed by atoms with Crippen LogP contribution in [0.2, 0.25) is 0 Å². The first-order chi connectivity index (χ1) is 17.1. The Morgan fingerprint density at radius 3 is 2.41 bits per heavy atom. The van der Waals surface area contributed by atoms with Crippen LogP contribution in [0.4, 0.5) is 0 Å². The maximum Gasteiger partial charge on any atom is 0.312 e. The van der Waals surface area contributed by atoms with Crippen LogP contribution in [-0.2, 0) is 14.3 Å². The number of fused-ring (bicyclic) bond motifs is 6. The van der Waals surface area contributed by atoms with Gasteiger partial charge < -0.3 is 15.6 Å². The molecule has 37 heavy (non-hydrogen) atoms. The summed E-state index contributed by atoms with van der Waals surface area (Å²) in [5, 5.41) is 10.9. The predicted octanol–water partition coefficient (Wildman–Crippen LogP) is 5.75. The van der Waals surface area contributed by atoms with E-state index in [-0.39, 0.29) is 59.1 Å². The Bertz CT molecular complexity index is 1070. The molecule has 0 aliphatic heterocycles. The summed E-state index contributed by atoms with van der Waals surface area (Å²) in [4.78, 5) is 26.8. The molecule has 0 aromatic carbocycles. The second-order valence-corrected chi connectivity index (χ2v) is 15.0. The first kappa shape index (κ1) is 27.1. The molecule has 5 aliphatic carbocycles. The van der Waals surface area contributed by atoms with Gasteiger partial charge in [-0.3, -0.25) is 9.59 Å². The highest BCUT2D eigenvalue weighted by atomic mass is 16.5. The number of hydrogen-bond donors (Lipinski definition) is 2. The van der Waals surface area contributed by atoms with E-state index in [9.17, 15) is 14.7 Å². The molecule has 0 heterocycles. The summed E-state index contributed by atoms with van der Waals surface area (Å²) in [6.45, 7) is 16.5. The van der Waals surface area contributed by atoms with Gasteiger partial charge in [0.05, 0.1) is 11.5 Å². The number of aliphatic hydroxyl groups is 1. The Morgan fingerprint density at radius 1 is 1.03 bits per heavy atom. The second-order valence-electron chi connectivity index (χ2n) is 15.0. The molecular weight excluding hydrogens is 462 g/mol. The standard InChI is InChI=1S/C32H49NO4/c1-27(2)22-10-13-32(7)23(30(22,5)12-11-24(27)34)9-8-20-21-18-28(3,26(36)37-17-16-33)19-25(35)29(21,4)14-15-31(20,32)6/h8-9,22-24,34H,10-19,33H2,1-7H3/t22-,23-,24+,28+,29-,30+,31+,32-/m1/s1. The minimum atomic E-state index is -0.842. The molecule has 0 aromatic heterocycles. The van der Waals surface area contributed by atoms with Crippen LogP contribution in [0.5, 0.6) is 0 Å². The van der Waals surface area contributed by atoms with Crippen molar-refractivity contribution in [2.75, 3.05) is 13.2 Å². The molecule has 5 heteroatoms. The van der Waals surface area contributed by atoms with E-state index in [0.717, 1.165) is 38.5 Å². The van der Waals surface area contributed by atoms with E-state index in [2.05, 4.69) is 53.7 Å². The van der Waals surface area contributed by atoms with Crippen LogP contribution >= 0.6 is 0 Å². The fourth-order valence-corrected chi connectivity index (χ4v) is 10.1. The minimum Gasteiger partial charge on any atom is -0.464 e. The quantitative estimate of drug-likeness (QED) is 0.471. The molecule has 0 spiro atoms. The van der Waals surface area contributed by atoms with Crippen LogP contribution in [0.3, 0.4) is 0 Å². The molecule has 3 fully saturated rings. The summed E-state index contributed by atoms with van der Waals surface area (Å²) in [7, 11) is 0. The second kappa shape index (κ2) is 8.27. The van der Waals surface area contributed by atoms with Crippen molar-refractivity contribution in [3.8, 4) is 0 Å². The van der Waals surface area contributed by atoms with Crippen molar-refractivity contribution in [2.24, 2.45) is 50.1 Å². The molecule has 0 unspecified atom stereocenters. The van der Waals surface area contributed by atoms with Crippen LogP contribution in [0, 0.1) is 44.3 Å². The van der Waals surface area contributed by atoms with E-state index >= 15 is 0 Å². The molecule has 0 amide bonds. The Labute approximate surface area is 223 Å². The highest BCUT2D eigenvalue weighted by molar-refractivity contribution is 5.95. The van der Waals surface area contributed by atoms with E-state index < -0.39 is 10.8 Å². The Balaban J connectivity index is 1.62. The van der Waals surface area contributed by atoms with Crippen molar-refractivity contribution in [3.05, 3.63) is 23.3 Å². The molecule has 0 bridgehead atoms. The maximum absolute atomic E-state index is 13.7. The first-order valence-electron chi connectivity index (χ1n) is 14.6. The van der Waals surface area contributed by atoms with E-state index in [0.29, 0.717) is 18.3 Å². The molecular formula is C32H49NO4. The smallest absolute Gasteiger partial charge is 0.312 e. The number of carbonyl (C=O) groups excluding carboxylic acids is 2. The lowest BCUT2D eigenvalue weighted by atomic mass is 9.35. The van der Waals surface area contributed by atoms with Crippen LogP contribution < -0.4 is 5.73 Å². The summed E-state index contributed by atoms with van der Waals surface area (Å²) in [6, 6.07) is 0. The fraction of sp³-hybridized carbons (Fsp3) is 0.812. The highest BCUT2D eigenvalue weighted by Crippen LogP contribution is 2.73. The van der Waals surface area contributed by atoms with Gasteiger partial charge in [-0.2, -0.15) is 0 Å². The number of aliphatic hydroxyl groups excluding tert-OH is 1. The molecule has 0 radical (unpaired) electrons. The molecule has 0 aromatic rings. The molecule has 5 rings (SSSR count). The number of allylic oxidation sites excluding steroid dienone is 4. The van der Waals surface area contributed by atoms with E-state index in [1.165, 1.54) is 11.1 Å². The average molecular weight is 512 g/mol. The molecule has 206 valence electrons. The normalized spacial score (nSPS) is 48.5. The molecule has 5 nitrogen and oxygen atoms in total. The third kappa shape index (κ3) is 3.41. The number of ether oxygens (including phenoxy) is 1. The van der Waals surface area contributed by atoms with Crippen molar-refractivity contribution in [2.45, 2.75) is 106 Å². The number of Topliss-reactive ketones (excluding diaryl/α,β-unsaturated/α-hetero) is 1. The highest BCUT2D eigenvalue weighted by Gasteiger charge is 2.67.